The monoisotopic (exact) mass is 269 g/mol. The van der Waals surface area contributed by atoms with E-state index in [2.05, 4.69) is 0 Å². The van der Waals surface area contributed by atoms with Crippen LogP contribution in [0.3, 0.4) is 0 Å². The Balaban J connectivity index is 2.69. The van der Waals surface area contributed by atoms with Crippen molar-refractivity contribution >= 4 is 5.97 Å². The zero-order valence-electron chi connectivity index (χ0n) is 11.7. The minimum Gasteiger partial charge on any atom is -0.494 e. The van der Waals surface area contributed by atoms with E-state index in [0.717, 1.165) is 0 Å². The van der Waals surface area contributed by atoms with Gasteiger partial charge in [0, 0.05) is 0 Å². The predicted octanol–water partition coefficient (Wildman–Crippen LogP) is 2.05. The fourth-order valence-corrected chi connectivity index (χ4v) is 1.55. The summed E-state index contributed by atoms with van der Waals surface area (Å²) in [5.74, 6) is -0.810. The van der Waals surface area contributed by atoms with Gasteiger partial charge in [-0.3, -0.25) is 4.79 Å². The van der Waals surface area contributed by atoms with Gasteiger partial charge >= 0.3 is 5.97 Å². The second kappa shape index (κ2) is 6.02. The normalized spacial score (nSPS) is 12.9. The number of carbonyl (C=O) groups excluding carboxylic acids is 1. The van der Waals surface area contributed by atoms with Gasteiger partial charge in [-0.1, -0.05) is 6.07 Å². The molecule has 4 nitrogen and oxygen atoms in total. The molecule has 0 aliphatic carbocycles. The SMILES string of the molecule is COc1ccc(CC(N)C(=O)OC(C)(C)C)cc1F. The first-order valence-corrected chi connectivity index (χ1v) is 6.04. The van der Waals surface area contributed by atoms with E-state index in [1.54, 1.807) is 26.8 Å². The van der Waals surface area contributed by atoms with Crippen LogP contribution in [0.2, 0.25) is 0 Å². The zero-order valence-corrected chi connectivity index (χ0v) is 11.7. The number of ether oxygens (including phenoxy) is 2. The molecule has 2 N–H and O–H groups in total. The molecule has 1 unspecified atom stereocenters. The molecule has 5 heteroatoms. The molecule has 0 spiro atoms. The Hall–Kier alpha value is -1.62. The molecule has 0 aliphatic heterocycles. The van der Waals surface area contributed by atoms with Crippen LogP contribution in [0, 0.1) is 5.82 Å². The summed E-state index contributed by atoms with van der Waals surface area (Å²) >= 11 is 0. The first-order valence-electron chi connectivity index (χ1n) is 6.04. The molecule has 0 saturated heterocycles. The fraction of sp³-hybridized carbons (Fsp3) is 0.500. The van der Waals surface area contributed by atoms with Gasteiger partial charge in [0.1, 0.15) is 11.6 Å². The van der Waals surface area contributed by atoms with Crippen molar-refractivity contribution in [3.05, 3.63) is 29.6 Å². The van der Waals surface area contributed by atoms with Crippen molar-refractivity contribution in [2.24, 2.45) is 5.73 Å². The van der Waals surface area contributed by atoms with E-state index in [0.29, 0.717) is 5.56 Å². The summed E-state index contributed by atoms with van der Waals surface area (Å²) in [5.41, 5.74) is 5.79. The van der Waals surface area contributed by atoms with Crippen LogP contribution in [0.25, 0.3) is 0 Å². The zero-order chi connectivity index (χ0) is 14.6. The fourth-order valence-electron chi connectivity index (χ4n) is 1.55. The largest absolute Gasteiger partial charge is 0.494 e. The van der Waals surface area contributed by atoms with Gasteiger partial charge in [0.25, 0.3) is 0 Å². The van der Waals surface area contributed by atoms with Gasteiger partial charge in [0.15, 0.2) is 11.6 Å². The Bertz CT molecular complexity index is 454. The number of esters is 1. The van der Waals surface area contributed by atoms with E-state index < -0.39 is 23.4 Å². The summed E-state index contributed by atoms with van der Waals surface area (Å²) in [7, 11) is 1.39. The third-order valence-electron chi connectivity index (χ3n) is 2.38. The third-order valence-corrected chi connectivity index (χ3v) is 2.38. The highest BCUT2D eigenvalue weighted by atomic mass is 19.1. The summed E-state index contributed by atoms with van der Waals surface area (Å²) in [6.07, 6.45) is 0.218. The molecule has 1 atom stereocenters. The molecule has 0 bridgehead atoms. The highest BCUT2D eigenvalue weighted by molar-refractivity contribution is 5.76. The molecule has 0 aromatic heterocycles. The smallest absolute Gasteiger partial charge is 0.323 e. The number of rotatable bonds is 4. The number of benzene rings is 1. The maximum absolute atomic E-state index is 13.5. The average Bonchev–Trinajstić information content (AvgIpc) is 2.27. The van der Waals surface area contributed by atoms with Crippen molar-refractivity contribution in [1.82, 2.24) is 0 Å². The van der Waals surface area contributed by atoms with Crippen molar-refractivity contribution < 1.29 is 18.7 Å². The maximum Gasteiger partial charge on any atom is 0.323 e. The van der Waals surface area contributed by atoms with E-state index in [1.165, 1.54) is 19.2 Å². The van der Waals surface area contributed by atoms with Crippen molar-refractivity contribution in [2.75, 3.05) is 7.11 Å². The molecule has 106 valence electrons. The topological polar surface area (TPSA) is 61.5 Å². The molecular weight excluding hydrogens is 249 g/mol. The number of methoxy groups -OCH3 is 1. The standard InChI is InChI=1S/C14H20FNO3/c1-14(2,3)19-13(17)11(16)8-9-5-6-12(18-4)10(15)7-9/h5-7,11H,8,16H2,1-4H3. The molecule has 0 amide bonds. The summed E-state index contributed by atoms with van der Waals surface area (Å²) in [6, 6.07) is 3.67. The molecule has 0 radical (unpaired) electrons. The van der Waals surface area contributed by atoms with E-state index in [1.807, 2.05) is 0 Å². The summed E-state index contributed by atoms with van der Waals surface area (Å²) < 4.78 is 23.5. The lowest BCUT2D eigenvalue weighted by molar-refractivity contribution is -0.156. The lowest BCUT2D eigenvalue weighted by Crippen LogP contribution is -2.38. The Labute approximate surface area is 112 Å². The van der Waals surface area contributed by atoms with Crippen LogP contribution >= 0.6 is 0 Å². The number of hydrogen-bond donors (Lipinski definition) is 1. The summed E-state index contributed by atoms with van der Waals surface area (Å²) in [5, 5.41) is 0. The van der Waals surface area contributed by atoms with Gasteiger partial charge in [-0.2, -0.15) is 0 Å². The first kappa shape index (κ1) is 15.4. The first-order chi connectivity index (χ1) is 8.73. The maximum atomic E-state index is 13.5. The van der Waals surface area contributed by atoms with E-state index >= 15 is 0 Å². The van der Waals surface area contributed by atoms with Gasteiger partial charge in [0.2, 0.25) is 0 Å². The molecule has 1 rings (SSSR count). The summed E-state index contributed by atoms with van der Waals surface area (Å²) in [6.45, 7) is 5.31. The Morgan fingerprint density at radius 2 is 2.05 bits per heavy atom. The van der Waals surface area contributed by atoms with Crippen LogP contribution in [0.15, 0.2) is 18.2 Å². The van der Waals surface area contributed by atoms with Crippen molar-refractivity contribution in [3.8, 4) is 5.75 Å². The average molecular weight is 269 g/mol. The molecule has 1 aromatic rings. The van der Waals surface area contributed by atoms with Crippen LogP contribution < -0.4 is 10.5 Å². The van der Waals surface area contributed by atoms with Gasteiger partial charge in [-0.05, 0) is 44.9 Å². The Morgan fingerprint density at radius 3 is 2.53 bits per heavy atom. The number of hydrogen-bond acceptors (Lipinski definition) is 4. The van der Waals surface area contributed by atoms with Gasteiger partial charge in [0.05, 0.1) is 7.11 Å². The van der Waals surface area contributed by atoms with E-state index in [9.17, 15) is 9.18 Å². The van der Waals surface area contributed by atoms with Crippen molar-refractivity contribution in [3.63, 3.8) is 0 Å². The molecule has 19 heavy (non-hydrogen) atoms. The number of carbonyl (C=O) groups is 1. The molecule has 1 aromatic carbocycles. The summed E-state index contributed by atoms with van der Waals surface area (Å²) in [4.78, 5) is 11.7. The molecule has 0 aliphatic rings. The molecular formula is C14H20FNO3. The second-order valence-corrected chi connectivity index (χ2v) is 5.31. The quantitative estimate of drug-likeness (QED) is 0.850. The predicted molar refractivity (Wildman–Crippen MR) is 70.5 cm³/mol. The van der Waals surface area contributed by atoms with Crippen LogP contribution in [-0.2, 0) is 16.0 Å². The van der Waals surface area contributed by atoms with E-state index in [-0.39, 0.29) is 12.2 Å². The molecule has 0 saturated carbocycles. The van der Waals surface area contributed by atoms with Crippen LogP contribution in [0.4, 0.5) is 4.39 Å². The van der Waals surface area contributed by atoms with Crippen molar-refractivity contribution in [1.29, 1.82) is 0 Å². The minimum absolute atomic E-state index is 0.162. The number of halogens is 1. The van der Waals surface area contributed by atoms with Crippen molar-refractivity contribution in [2.45, 2.75) is 38.8 Å². The van der Waals surface area contributed by atoms with Crippen LogP contribution in [0.5, 0.6) is 5.75 Å². The highest BCUT2D eigenvalue weighted by Crippen LogP contribution is 2.18. The van der Waals surface area contributed by atoms with E-state index in [4.69, 9.17) is 15.2 Å². The Morgan fingerprint density at radius 1 is 1.42 bits per heavy atom. The van der Waals surface area contributed by atoms with Gasteiger partial charge in [-0.15, -0.1) is 0 Å². The molecule has 0 heterocycles. The molecule has 0 fully saturated rings. The number of nitrogens with two attached hydrogens (primary N) is 1. The Kier molecular flexibility index (Phi) is 4.89. The lowest BCUT2D eigenvalue weighted by atomic mass is 10.1. The lowest BCUT2D eigenvalue weighted by Gasteiger charge is -2.22. The highest BCUT2D eigenvalue weighted by Gasteiger charge is 2.22. The second-order valence-electron chi connectivity index (χ2n) is 5.31. The van der Waals surface area contributed by atoms with Gasteiger partial charge in [-0.25, -0.2) is 4.39 Å². The van der Waals surface area contributed by atoms with Crippen LogP contribution in [0.1, 0.15) is 26.3 Å². The van der Waals surface area contributed by atoms with Gasteiger partial charge < -0.3 is 15.2 Å². The minimum atomic E-state index is -0.813. The third kappa shape index (κ3) is 4.87. The van der Waals surface area contributed by atoms with Crippen LogP contribution in [-0.4, -0.2) is 24.7 Å².